The van der Waals surface area contributed by atoms with Crippen LogP contribution >= 0.6 is 0 Å². The van der Waals surface area contributed by atoms with Gasteiger partial charge in [0.15, 0.2) is 6.10 Å². The highest BCUT2D eigenvalue weighted by Gasteiger charge is 3.02. The number of fused-ring (bicyclic) bond motifs is 1. The molecule has 4 aliphatic heterocycles. The van der Waals surface area contributed by atoms with Gasteiger partial charge in [-0.25, -0.2) is 4.79 Å². The standard InChI is InChI=1S/C19H20O8/c1-7(20)24-8-10(16(2,3)4)17-5-6-23-15(17)27-19-11(21)9-13(25-9)18(17,19)12(8)26-14(19)22/h5-6,8-10,12-13,15H,1-4H3/t8-,9+,10+,12-,13+,15+,17-,18+,19-/m1/s1. The Morgan fingerprint density at radius 2 is 1.96 bits per heavy atom. The molecule has 0 N–H and O–H groups in total. The second-order valence-electron chi connectivity index (χ2n) is 9.46. The van der Waals surface area contributed by atoms with E-state index >= 15 is 0 Å². The Labute approximate surface area is 155 Å². The molecule has 0 aromatic rings. The van der Waals surface area contributed by atoms with Gasteiger partial charge in [0.1, 0.15) is 23.7 Å². The predicted octanol–water partition coefficient (Wildman–Crippen LogP) is 0.481. The third-order valence-electron chi connectivity index (χ3n) is 7.41. The van der Waals surface area contributed by atoms with Crippen LogP contribution in [0.2, 0.25) is 0 Å². The van der Waals surface area contributed by atoms with Crippen molar-refractivity contribution in [3.63, 3.8) is 0 Å². The van der Waals surface area contributed by atoms with Crippen LogP contribution in [0.1, 0.15) is 27.7 Å². The second-order valence-corrected chi connectivity index (χ2v) is 9.46. The van der Waals surface area contributed by atoms with E-state index in [1.165, 1.54) is 6.92 Å². The minimum atomic E-state index is -1.75. The molecular formula is C19H20O8. The third kappa shape index (κ3) is 1.27. The van der Waals surface area contributed by atoms with Gasteiger partial charge in [0.2, 0.25) is 17.7 Å². The maximum Gasteiger partial charge on any atom is 0.347 e. The lowest BCUT2D eigenvalue weighted by Gasteiger charge is -2.44. The van der Waals surface area contributed by atoms with Crippen molar-refractivity contribution in [2.24, 2.45) is 22.2 Å². The molecule has 0 radical (unpaired) electrons. The quantitative estimate of drug-likeness (QED) is 0.370. The Bertz CT molecular complexity index is 856. The Kier molecular flexibility index (Phi) is 2.42. The van der Waals surface area contributed by atoms with E-state index in [1.807, 2.05) is 26.8 Å². The fraction of sp³-hybridized carbons (Fsp3) is 0.737. The Morgan fingerprint density at radius 1 is 1.22 bits per heavy atom. The summed E-state index contributed by atoms with van der Waals surface area (Å²) in [6.07, 6.45) is -0.125. The lowest BCUT2D eigenvalue weighted by atomic mass is 9.54. The van der Waals surface area contributed by atoms with Crippen LogP contribution in [0, 0.1) is 22.2 Å². The molecule has 6 aliphatic rings. The fourth-order valence-electron chi connectivity index (χ4n) is 7.03. The molecule has 9 atom stereocenters. The molecule has 6 rings (SSSR count). The van der Waals surface area contributed by atoms with Gasteiger partial charge >= 0.3 is 11.9 Å². The molecule has 0 bridgehead atoms. The van der Waals surface area contributed by atoms with Crippen LogP contribution < -0.4 is 0 Å². The van der Waals surface area contributed by atoms with E-state index in [2.05, 4.69) is 0 Å². The van der Waals surface area contributed by atoms with Gasteiger partial charge < -0.3 is 23.7 Å². The van der Waals surface area contributed by atoms with Gasteiger partial charge in [0, 0.05) is 12.8 Å². The van der Waals surface area contributed by atoms with Crippen molar-refractivity contribution in [3.8, 4) is 0 Å². The highest BCUT2D eigenvalue weighted by Crippen LogP contribution is 2.83. The van der Waals surface area contributed by atoms with Gasteiger partial charge in [-0.2, -0.15) is 0 Å². The monoisotopic (exact) mass is 376 g/mol. The Balaban J connectivity index is 1.68. The number of esters is 2. The molecule has 2 spiro atoms. The molecule has 144 valence electrons. The van der Waals surface area contributed by atoms with E-state index in [-0.39, 0.29) is 11.3 Å². The highest BCUT2D eigenvalue weighted by molar-refractivity contribution is 6.17. The summed E-state index contributed by atoms with van der Waals surface area (Å²) in [6.45, 7) is 7.44. The molecule has 8 heteroatoms. The lowest BCUT2D eigenvalue weighted by molar-refractivity contribution is -0.189. The Hall–Kier alpha value is -1.93. The number of hydrogen-bond acceptors (Lipinski definition) is 8. The molecule has 0 amide bonds. The minimum absolute atomic E-state index is 0.298. The molecule has 8 nitrogen and oxygen atoms in total. The zero-order valence-electron chi connectivity index (χ0n) is 15.4. The van der Waals surface area contributed by atoms with E-state index < -0.39 is 64.9 Å². The van der Waals surface area contributed by atoms with Crippen molar-refractivity contribution in [2.45, 2.75) is 64.0 Å². The maximum atomic E-state index is 13.1. The van der Waals surface area contributed by atoms with Gasteiger partial charge in [-0.05, 0) is 11.5 Å². The van der Waals surface area contributed by atoms with Gasteiger partial charge in [-0.3, -0.25) is 9.59 Å². The number of rotatable bonds is 1. The summed E-state index contributed by atoms with van der Waals surface area (Å²) < 4.78 is 29.1. The van der Waals surface area contributed by atoms with Crippen LogP contribution in [0.3, 0.4) is 0 Å². The largest absolute Gasteiger partial charge is 0.472 e. The van der Waals surface area contributed by atoms with Gasteiger partial charge in [-0.15, -0.1) is 0 Å². The van der Waals surface area contributed by atoms with Crippen molar-refractivity contribution in [1.29, 1.82) is 0 Å². The topological polar surface area (TPSA) is 101 Å². The van der Waals surface area contributed by atoms with E-state index in [0.29, 0.717) is 0 Å². The van der Waals surface area contributed by atoms with Gasteiger partial charge in [-0.1, -0.05) is 20.8 Å². The van der Waals surface area contributed by atoms with Gasteiger partial charge in [0.25, 0.3) is 0 Å². The van der Waals surface area contributed by atoms with E-state index in [4.69, 9.17) is 23.7 Å². The molecule has 0 unspecified atom stereocenters. The van der Waals surface area contributed by atoms with Crippen LogP contribution in [0.4, 0.5) is 0 Å². The lowest BCUT2D eigenvalue weighted by Crippen LogP contribution is -2.58. The summed E-state index contributed by atoms with van der Waals surface area (Å²) in [6, 6.07) is 0. The first-order chi connectivity index (χ1) is 12.6. The Morgan fingerprint density at radius 3 is 2.63 bits per heavy atom. The van der Waals surface area contributed by atoms with Crippen LogP contribution in [0.25, 0.3) is 0 Å². The summed E-state index contributed by atoms with van der Waals surface area (Å²) in [7, 11) is 0. The minimum Gasteiger partial charge on any atom is -0.472 e. The van der Waals surface area contributed by atoms with Crippen molar-refractivity contribution >= 4 is 17.7 Å². The fourth-order valence-corrected chi connectivity index (χ4v) is 7.03. The zero-order chi connectivity index (χ0) is 19.1. The average Bonchev–Trinajstić information content (AvgIpc) is 2.84. The predicted molar refractivity (Wildman–Crippen MR) is 84.7 cm³/mol. The molecule has 2 aliphatic carbocycles. The molecule has 0 aromatic carbocycles. The second kappa shape index (κ2) is 4.07. The average molecular weight is 376 g/mol. The first kappa shape index (κ1) is 16.1. The highest BCUT2D eigenvalue weighted by atomic mass is 16.7. The summed E-state index contributed by atoms with van der Waals surface area (Å²) >= 11 is 0. The van der Waals surface area contributed by atoms with Crippen LogP contribution in [-0.2, 0) is 38.1 Å². The van der Waals surface area contributed by atoms with Crippen LogP contribution in [0.5, 0.6) is 0 Å². The van der Waals surface area contributed by atoms with E-state index in [1.54, 1.807) is 6.26 Å². The summed E-state index contributed by atoms with van der Waals surface area (Å²) in [5, 5.41) is 0. The third-order valence-corrected chi connectivity index (χ3v) is 7.41. The number of Topliss-reactive ketones (excluding diaryl/α,β-unsaturated/α-hetero) is 1. The molecule has 4 heterocycles. The van der Waals surface area contributed by atoms with E-state index in [9.17, 15) is 14.4 Å². The first-order valence-electron chi connectivity index (χ1n) is 9.23. The van der Waals surface area contributed by atoms with Crippen molar-refractivity contribution in [2.75, 3.05) is 0 Å². The molecule has 27 heavy (non-hydrogen) atoms. The summed E-state index contributed by atoms with van der Waals surface area (Å²) in [4.78, 5) is 38.1. The molecule has 5 fully saturated rings. The number of carbonyl (C=O) groups is 3. The van der Waals surface area contributed by atoms with Crippen molar-refractivity contribution in [3.05, 3.63) is 12.3 Å². The smallest absolute Gasteiger partial charge is 0.347 e. The zero-order valence-corrected chi connectivity index (χ0v) is 15.4. The van der Waals surface area contributed by atoms with Crippen LogP contribution in [0.15, 0.2) is 12.3 Å². The SMILES string of the molecule is CC(=O)O[C@H]1[C@H]2OC(=O)[C@@]34O[C@@H]5OC=C[C@]5([C@@H]1C(C)(C)C)[C@@]23[C@H]1O[C@H]1C4=O. The van der Waals surface area contributed by atoms with Gasteiger partial charge in [0.05, 0.1) is 11.7 Å². The van der Waals surface area contributed by atoms with Crippen molar-refractivity contribution < 1.29 is 38.1 Å². The van der Waals surface area contributed by atoms with Crippen molar-refractivity contribution in [1.82, 2.24) is 0 Å². The molecule has 2 saturated carbocycles. The first-order valence-corrected chi connectivity index (χ1v) is 9.23. The normalized spacial score (nSPS) is 55.6. The summed E-state index contributed by atoms with van der Waals surface area (Å²) in [5.41, 5.74) is -4.07. The number of ether oxygens (including phenoxy) is 5. The maximum absolute atomic E-state index is 13.1. The van der Waals surface area contributed by atoms with E-state index in [0.717, 1.165) is 0 Å². The number of epoxide rings is 1. The molecule has 3 saturated heterocycles. The summed E-state index contributed by atoms with van der Waals surface area (Å²) in [5.74, 6) is -1.88. The molecule has 0 aromatic heterocycles. The number of hydrogen-bond donors (Lipinski definition) is 0. The van der Waals surface area contributed by atoms with Crippen LogP contribution in [-0.4, -0.2) is 54.0 Å². The molecular weight excluding hydrogens is 356 g/mol. The number of ketones is 1. The number of carbonyl (C=O) groups excluding carboxylic acids is 3.